The highest BCUT2D eigenvalue weighted by atomic mass is 32.1. The summed E-state index contributed by atoms with van der Waals surface area (Å²) in [6.45, 7) is 2.22. The Hall–Kier alpha value is -1.79. The Morgan fingerprint density at radius 2 is 2.00 bits per heavy atom. The average Bonchev–Trinajstić information content (AvgIpc) is 2.91. The van der Waals surface area contributed by atoms with Crippen LogP contribution in [0.5, 0.6) is 0 Å². The van der Waals surface area contributed by atoms with Gasteiger partial charge in [0.25, 0.3) is 0 Å². The van der Waals surface area contributed by atoms with Crippen LogP contribution in [0.4, 0.5) is 5.69 Å². The number of anilines is 1. The highest BCUT2D eigenvalue weighted by molar-refractivity contribution is 7.07. The van der Waals surface area contributed by atoms with E-state index in [0.717, 1.165) is 12.1 Å². The molecule has 2 nitrogen and oxygen atoms in total. The minimum Gasteiger partial charge on any atom is -0.372 e. The van der Waals surface area contributed by atoms with Crippen LogP contribution in [0.2, 0.25) is 0 Å². The highest BCUT2D eigenvalue weighted by Gasteiger charge is 2.11. The van der Waals surface area contributed by atoms with Crippen molar-refractivity contribution in [3.8, 4) is 6.07 Å². The zero-order valence-corrected chi connectivity index (χ0v) is 11.4. The van der Waals surface area contributed by atoms with E-state index in [-0.39, 0.29) is 0 Å². The van der Waals surface area contributed by atoms with Crippen LogP contribution in [-0.2, 0) is 6.42 Å². The van der Waals surface area contributed by atoms with Crippen molar-refractivity contribution >= 4 is 17.0 Å². The molecule has 0 saturated heterocycles. The van der Waals surface area contributed by atoms with Gasteiger partial charge < -0.3 is 4.90 Å². The molecule has 18 heavy (non-hydrogen) atoms. The molecule has 0 aliphatic rings. The Morgan fingerprint density at radius 1 is 1.28 bits per heavy atom. The molecule has 1 aromatic carbocycles. The first-order chi connectivity index (χ1) is 8.70. The third kappa shape index (κ3) is 2.91. The van der Waals surface area contributed by atoms with E-state index in [1.165, 1.54) is 5.56 Å². The lowest BCUT2D eigenvalue weighted by atomic mass is 10.1. The van der Waals surface area contributed by atoms with Crippen LogP contribution < -0.4 is 4.90 Å². The van der Waals surface area contributed by atoms with Crippen molar-refractivity contribution in [2.75, 3.05) is 11.9 Å². The number of rotatable bonds is 4. The molecule has 0 spiro atoms. The summed E-state index contributed by atoms with van der Waals surface area (Å²) in [5.41, 5.74) is 3.24. The normalized spacial score (nSPS) is 11.8. The van der Waals surface area contributed by atoms with Gasteiger partial charge in [-0.3, -0.25) is 0 Å². The largest absolute Gasteiger partial charge is 0.372 e. The third-order valence-corrected chi connectivity index (χ3v) is 3.91. The molecule has 0 amide bonds. The molecule has 0 fully saturated rings. The molecule has 0 N–H and O–H groups in total. The summed E-state index contributed by atoms with van der Waals surface area (Å²) in [6, 6.07) is 12.5. The molecule has 1 unspecified atom stereocenters. The summed E-state index contributed by atoms with van der Waals surface area (Å²) in [7, 11) is 2.10. The minimum absolute atomic E-state index is 0.438. The zero-order valence-electron chi connectivity index (χ0n) is 10.6. The number of thiophene rings is 1. The smallest absolute Gasteiger partial charge is 0.0991 e. The second kappa shape index (κ2) is 5.70. The number of hydrogen-bond donors (Lipinski definition) is 0. The van der Waals surface area contributed by atoms with Crippen molar-refractivity contribution in [2.45, 2.75) is 19.4 Å². The number of nitriles is 1. The monoisotopic (exact) mass is 256 g/mol. The lowest BCUT2D eigenvalue weighted by Crippen LogP contribution is -2.30. The van der Waals surface area contributed by atoms with Gasteiger partial charge in [-0.2, -0.15) is 16.6 Å². The van der Waals surface area contributed by atoms with Gasteiger partial charge in [-0.15, -0.1) is 0 Å². The van der Waals surface area contributed by atoms with E-state index in [4.69, 9.17) is 5.26 Å². The van der Waals surface area contributed by atoms with E-state index in [0.29, 0.717) is 11.6 Å². The van der Waals surface area contributed by atoms with Crippen molar-refractivity contribution in [3.63, 3.8) is 0 Å². The molecule has 0 aliphatic heterocycles. The fourth-order valence-corrected chi connectivity index (χ4v) is 2.59. The van der Waals surface area contributed by atoms with Crippen LogP contribution in [0, 0.1) is 11.3 Å². The van der Waals surface area contributed by atoms with E-state index in [1.54, 1.807) is 11.3 Å². The van der Waals surface area contributed by atoms with Crippen LogP contribution in [0.1, 0.15) is 18.1 Å². The topological polar surface area (TPSA) is 27.0 Å². The Kier molecular flexibility index (Phi) is 4.01. The second-order valence-electron chi connectivity index (χ2n) is 4.45. The quantitative estimate of drug-likeness (QED) is 0.834. The Balaban J connectivity index is 2.05. The van der Waals surface area contributed by atoms with E-state index < -0.39 is 0 Å². The molecule has 1 atom stereocenters. The summed E-state index contributed by atoms with van der Waals surface area (Å²) in [5, 5.41) is 13.1. The molecule has 1 aromatic heterocycles. The Bertz CT molecular complexity index is 523. The first-order valence-electron chi connectivity index (χ1n) is 5.95. The summed E-state index contributed by atoms with van der Waals surface area (Å²) >= 11 is 1.74. The summed E-state index contributed by atoms with van der Waals surface area (Å²) in [6.07, 6.45) is 1.04. The predicted molar refractivity (Wildman–Crippen MR) is 77.0 cm³/mol. The van der Waals surface area contributed by atoms with Crippen LogP contribution in [-0.4, -0.2) is 13.1 Å². The summed E-state index contributed by atoms with van der Waals surface area (Å²) in [5.74, 6) is 0. The van der Waals surface area contributed by atoms with Crippen molar-refractivity contribution in [1.82, 2.24) is 0 Å². The van der Waals surface area contributed by atoms with Gasteiger partial charge in [0.2, 0.25) is 0 Å². The predicted octanol–water partition coefficient (Wildman–Crippen LogP) is 3.69. The van der Waals surface area contributed by atoms with Gasteiger partial charge in [-0.1, -0.05) is 0 Å². The standard InChI is InChI=1S/C15H16N2S/c1-12(9-14-7-8-18-11-14)17(2)15-5-3-13(10-16)4-6-15/h3-8,11-12H,9H2,1-2H3. The fraction of sp³-hybridized carbons (Fsp3) is 0.267. The van der Waals surface area contributed by atoms with Crippen LogP contribution in [0.15, 0.2) is 41.1 Å². The number of likely N-dealkylation sites (N-methyl/N-ethyl adjacent to an activating group) is 1. The first-order valence-corrected chi connectivity index (χ1v) is 6.89. The van der Waals surface area contributed by atoms with E-state index in [9.17, 15) is 0 Å². The number of benzene rings is 1. The van der Waals surface area contributed by atoms with Gasteiger partial charge in [0.05, 0.1) is 11.6 Å². The van der Waals surface area contributed by atoms with Gasteiger partial charge in [0, 0.05) is 18.8 Å². The lowest BCUT2D eigenvalue weighted by molar-refractivity contribution is 0.683. The maximum absolute atomic E-state index is 8.79. The lowest BCUT2D eigenvalue weighted by Gasteiger charge is -2.27. The Morgan fingerprint density at radius 3 is 2.56 bits per heavy atom. The van der Waals surface area contributed by atoms with Gasteiger partial charge >= 0.3 is 0 Å². The molecule has 0 aliphatic carbocycles. The molecule has 0 saturated carbocycles. The molecule has 2 aromatic rings. The van der Waals surface area contributed by atoms with Gasteiger partial charge in [0.1, 0.15) is 0 Å². The number of hydrogen-bond acceptors (Lipinski definition) is 3. The Labute approximate surface area is 112 Å². The highest BCUT2D eigenvalue weighted by Crippen LogP contribution is 2.19. The van der Waals surface area contributed by atoms with E-state index in [2.05, 4.69) is 41.8 Å². The van der Waals surface area contributed by atoms with Crippen LogP contribution in [0.3, 0.4) is 0 Å². The van der Waals surface area contributed by atoms with Crippen molar-refractivity contribution < 1.29 is 0 Å². The van der Waals surface area contributed by atoms with E-state index in [1.807, 2.05) is 24.3 Å². The van der Waals surface area contributed by atoms with E-state index >= 15 is 0 Å². The SMILES string of the molecule is CC(Cc1ccsc1)N(C)c1ccc(C#N)cc1. The average molecular weight is 256 g/mol. The molecule has 92 valence electrons. The van der Waals surface area contributed by atoms with Gasteiger partial charge in [-0.25, -0.2) is 0 Å². The summed E-state index contributed by atoms with van der Waals surface area (Å²) in [4.78, 5) is 2.25. The van der Waals surface area contributed by atoms with Crippen LogP contribution in [0.25, 0.3) is 0 Å². The van der Waals surface area contributed by atoms with Gasteiger partial charge in [0.15, 0.2) is 0 Å². The molecular formula is C15H16N2S. The van der Waals surface area contributed by atoms with Crippen molar-refractivity contribution in [3.05, 3.63) is 52.2 Å². The maximum Gasteiger partial charge on any atom is 0.0991 e. The minimum atomic E-state index is 0.438. The molecule has 3 heteroatoms. The second-order valence-corrected chi connectivity index (χ2v) is 5.23. The molecule has 2 rings (SSSR count). The molecule has 0 bridgehead atoms. The van der Waals surface area contributed by atoms with Crippen molar-refractivity contribution in [1.29, 1.82) is 5.26 Å². The fourth-order valence-electron chi connectivity index (χ4n) is 1.91. The molecule has 0 radical (unpaired) electrons. The zero-order chi connectivity index (χ0) is 13.0. The maximum atomic E-state index is 8.79. The summed E-state index contributed by atoms with van der Waals surface area (Å²) < 4.78 is 0. The van der Waals surface area contributed by atoms with Gasteiger partial charge in [-0.05, 0) is 60.0 Å². The van der Waals surface area contributed by atoms with Crippen LogP contribution >= 0.6 is 11.3 Å². The van der Waals surface area contributed by atoms with Crippen molar-refractivity contribution in [2.24, 2.45) is 0 Å². The number of nitrogens with zero attached hydrogens (tertiary/aromatic N) is 2. The third-order valence-electron chi connectivity index (χ3n) is 3.18. The first kappa shape index (κ1) is 12.7. The molecule has 1 heterocycles. The molecular weight excluding hydrogens is 240 g/mol.